The van der Waals surface area contributed by atoms with Gasteiger partial charge in [-0.3, -0.25) is 14.4 Å². The number of rotatable bonds is 11. The first kappa shape index (κ1) is 24.5. The molecule has 1 atom stereocenters. The molecule has 0 spiro atoms. The first-order valence-corrected chi connectivity index (χ1v) is 10.8. The van der Waals surface area contributed by atoms with E-state index in [4.69, 9.17) is 14.6 Å². The van der Waals surface area contributed by atoms with E-state index < -0.39 is 36.5 Å². The van der Waals surface area contributed by atoms with Crippen LogP contribution in [-0.4, -0.2) is 54.8 Å². The number of carboxylic acids is 1. The number of alkyl carbamates (subject to hydrolysis) is 1. The second kappa shape index (κ2) is 11.6. The van der Waals surface area contributed by atoms with Gasteiger partial charge in [0.1, 0.15) is 25.8 Å². The first-order chi connectivity index (χ1) is 16.4. The molecule has 0 radical (unpaired) electrons. The Labute approximate surface area is 196 Å². The maximum Gasteiger partial charge on any atom is 0.407 e. The number of hydrogen-bond acceptors (Lipinski definition) is 6. The zero-order chi connectivity index (χ0) is 24.5. The highest BCUT2D eigenvalue weighted by atomic mass is 16.5. The van der Waals surface area contributed by atoms with Gasteiger partial charge in [-0.25, -0.2) is 4.79 Å². The Bertz CT molecular complexity index is 1040. The van der Waals surface area contributed by atoms with E-state index in [9.17, 15) is 19.2 Å². The molecule has 3 rings (SSSR count). The summed E-state index contributed by atoms with van der Waals surface area (Å²) in [7, 11) is 0. The number of fused-ring (bicyclic) bond motifs is 3. The molecule has 3 N–H and O–H groups in total. The summed E-state index contributed by atoms with van der Waals surface area (Å²) in [5.41, 5.74) is 4.24. The zero-order valence-corrected chi connectivity index (χ0v) is 18.5. The van der Waals surface area contributed by atoms with Gasteiger partial charge in [0.15, 0.2) is 0 Å². The van der Waals surface area contributed by atoms with Gasteiger partial charge in [0.2, 0.25) is 5.91 Å². The van der Waals surface area contributed by atoms with Gasteiger partial charge < -0.3 is 25.2 Å². The quantitative estimate of drug-likeness (QED) is 0.343. The third-order valence-corrected chi connectivity index (χ3v) is 5.37. The van der Waals surface area contributed by atoms with Crippen LogP contribution < -0.4 is 10.6 Å². The van der Waals surface area contributed by atoms with Gasteiger partial charge in [0.05, 0.1) is 0 Å². The maximum atomic E-state index is 12.5. The average Bonchev–Trinajstić information content (AvgIpc) is 3.16. The molecule has 1 aliphatic carbocycles. The summed E-state index contributed by atoms with van der Waals surface area (Å²) in [5.74, 6) is -2.72. The number of amides is 2. The van der Waals surface area contributed by atoms with Crippen molar-refractivity contribution in [1.82, 2.24) is 10.6 Å². The fourth-order valence-electron chi connectivity index (χ4n) is 3.82. The van der Waals surface area contributed by atoms with Crippen molar-refractivity contribution in [3.63, 3.8) is 0 Å². The lowest BCUT2D eigenvalue weighted by molar-refractivity contribution is -0.143. The molecule has 0 saturated heterocycles. The molecule has 34 heavy (non-hydrogen) atoms. The van der Waals surface area contributed by atoms with Gasteiger partial charge in [0, 0.05) is 12.3 Å². The summed E-state index contributed by atoms with van der Waals surface area (Å²) in [5, 5.41) is 13.4. The average molecular weight is 466 g/mol. The van der Waals surface area contributed by atoms with Crippen LogP contribution in [0.1, 0.15) is 29.9 Å². The van der Waals surface area contributed by atoms with Gasteiger partial charge in [-0.15, -0.1) is 0 Å². The van der Waals surface area contributed by atoms with E-state index in [0.717, 1.165) is 22.3 Å². The molecule has 0 heterocycles. The van der Waals surface area contributed by atoms with Crippen molar-refractivity contribution < 1.29 is 33.8 Å². The van der Waals surface area contributed by atoms with Crippen molar-refractivity contribution in [3.05, 3.63) is 72.3 Å². The molecule has 0 aliphatic heterocycles. The van der Waals surface area contributed by atoms with Crippen LogP contribution in [0.3, 0.4) is 0 Å². The van der Waals surface area contributed by atoms with Gasteiger partial charge in [-0.05, 0) is 28.7 Å². The lowest BCUT2D eigenvalue weighted by Gasteiger charge is -2.19. The van der Waals surface area contributed by atoms with E-state index in [-0.39, 0.29) is 32.0 Å². The maximum absolute atomic E-state index is 12.5. The van der Waals surface area contributed by atoms with Crippen molar-refractivity contribution in [2.75, 3.05) is 19.8 Å². The fourth-order valence-corrected chi connectivity index (χ4v) is 3.82. The molecule has 178 valence electrons. The second-order valence-corrected chi connectivity index (χ2v) is 7.64. The molecule has 0 aromatic heterocycles. The largest absolute Gasteiger partial charge is 0.480 e. The van der Waals surface area contributed by atoms with Crippen LogP contribution in [0.2, 0.25) is 0 Å². The number of esters is 1. The molecule has 0 bridgehead atoms. The lowest BCUT2D eigenvalue weighted by atomic mass is 9.98. The minimum absolute atomic E-state index is 0.0223. The topological polar surface area (TPSA) is 131 Å². The number of carboxylic acid groups (broad SMARTS) is 1. The molecule has 2 aromatic carbocycles. The van der Waals surface area contributed by atoms with Crippen molar-refractivity contribution in [2.24, 2.45) is 0 Å². The molecule has 1 aliphatic rings. The Hall–Kier alpha value is -4.14. The first-order valence-electron chi connectivity index (χ1n) is 10.8. The third kappa shape index (κ3) is 6.22. The molecule has 0 fully saturated rings. The monoisotopic (exact) mass is 466 g/mol. The smallest absolute Gasteiger partial charge is 0.407 e. The molecule has 2 amide bonds. The number of aliphatic carboxylic acids is 1. The van der Waals surface area contributed by atoms with E-state index in [1.54, 1.807) is 0 Å². The van der Waals surface area contributed by atoms with Crippen LogP contribution in [0.5, 0.6) is 0 Å². The highest BCUT2D eigenvalue weighted by Crippen LogP contribution is 2.44. The summed E-state index contributed by atoms with van der Waals surface area (Å²) in [6.45, 7) is 2.89. The molecule has 0 saturated carbocycles. The number of hydrogen-bond donors (Lipinski definition) is 3. The van der Waals surface area contributed by atoms with Crippen molar-refractivity contribution in [1.29, 1.82) is 0 Å². The number of benzene rings is 2. The van der Waals surface area contributed by atoms with Crippen molar-refractivity contribution in [3.8, 4) is 11.1 Å². The standard InChI is InChI=1S/C25H26N2O7/c1-2-13-33-23(30)12-11-21(24(31)26-14-22(28)29)27-25(32)34-15-20-18-9-5-3-7-16(18)17-8-4-6-10-19(17)20/h2-10,20-21H,1,11-15H2,(H,26,31)(H,27,32)(H,28,29)/t21-/m0/s1. The zero-order valence-electron chi connectivity index (χ0n) is 18.5. The highest BCUT2D eigenvalue weighted by molar-refractivity contribution is 5.88. The Kier molecular flexibility index (Phi) is 8.39. The Balaban J connectivity index is 1.63. The van der Waals surface area contributed by atoms with E-state index >= 15 is 0 Å². The van der Waals surface area contributed by atoms with Gasteiger partial charge in [-0.1, -0.05) is 61.2 Å². The normalized spacial score (nSPS) is 12.6. The molecule has 0 unspecified atom stereocenters. The predicted octanol–water partition coefficient (Wildman–Crippen LogP) is 2.60. The van der Waals surface area contributed by atoms with Crippen LogP contribution in [0.4, 0.5) is 4.79 Å². The van der Waals surface area contributed by atoms with E-state index in [1.807, 2.05) is 48.5 Å². The summed E-state index contributed by atoms with van der Waals surface area (Å²) in [6, 6.07) is 14.6. The van der Waals surface area contributed by atoms with Crippen LogP contribution in [0.15, 0.2) is 61.2 Å². The van der Waals surface area contributed by atoms with Crippen molar-refractivity contribution >= 4 is 23.9 Å². The summed E-state index contributed by atoms with van der Waals surface area (Å²) >= 11 is 0. The van der Waals surface area contributed by atoms with Crippen LogP contribution in [-0.2, 0) is 23.9 Å². The fraction of sp³-hybridized carbons (Fsp3) is 0.280. The number of nitrogens with one attached hydrogen (secondary N) is 2. The minimum atomic E-state index is -1.24. The number of carbonyl (C=O) groups excluding carboxylic acids is 3. The minimum Gasteiger partial charge on any atom is -0.480 e. The Morgan fingerprint density at radius 3 is 2.21 bits per heavy atom. The Morgan fingerprint density at radius 2 is 1.62 bits per heavy atom. The van der Waals surface area contributed by atoms with Gasteiger partial charge in [0.25, 0.3) is 0 Å². The highest BCUT2D eigenvalue weighted by Gasteiger charge is 2.30. The summed E-state index contributed by atoms with van der Waals surface area (Å²) in [4.78, 5) is 47.5. The van der Waals surface area contributed by atoms with Crippen LogP contribution in [0.25, 0.3) is 11.1 Å². The van der Waals surface area contributed by atoms with E-state index in [2.05, 4.69) is 17.2 Å². The lowest BCUT2D eigenvalue weighted by Crippen LogP contribution is -2.48. The predicted molar refractivity (Wildman–Crippen MR) is 123 cm³/mol. The summed E-state index contributed by atoms with van der Waals surface area (Å²) in [6.07, 6.45) is 0.301. The van der Waals surface area contributed by atoms with E-state index in [1.165, 1.54) is 6.08 Å². The molecular formula is C25H26N2O7. The summed E-state index contributed by atoms with van der Waals surface area (Å²) < 4.78 is 10.3. The second-order valence-electron chi connectivity index (χ2n) is 7.64. The third-order valence-electron chi connectivity index (χ3n) is 5.37. The van der Waals surface area contributed by atoms with Crippen LogP contribution in [0, 0.1) is 0 Å². The SMILES string of the molecule is C=CCOC(=O)CC[C@H](NC(=O)OCC1c2ccccc2-c2ccccc21)C(=O)NCC(=O)O. The van der Waals surface area contributed by atoms with Crippen LogP contribution >= 0.6 is 0 Å². The van der Waals surface area contributed by atoms with Gasteiger partial charge >= 0.3 is 18.0 Å². The molecule has 2 aromatic rings. The van der Waals surface area contributed by atoms with Crippen molar-refractivity contribution in [2.45, 2.75) is 24.8 Å². The van der Waals surface area contributed by atoms with E-state index in [0.29, 0.717) is 0 Å². The molecular weight excluding hydrogens is 440 g/mol. The number of carbonyl (C=O) groups is 4. The molecule has 9 nitrogen and oxygen atoms in total. The number of ether oxygens (including phenoxy) is 2. The Morgan fingerprint density at radius 1 is 1.00 bits per heavy atom. The van der Waals surface area contributed by atoms with Gasteiger partial charge in [-0.2, -0.15) is 0 Å². The molecule has 9 heteroatoms.